The molecular weight excluding hydrogens is 911 g/mol. The van der Waals surface area contributed by atoms with Crippen LogP contribution in [0.5, 0.6) is 5.75 Å². The monoisotopic (exact) mass is 962 g/mol. The van der Waals surface area contributed by atoms with Crippen LogP contribution in [-0.4, -0.2) is 100 Å². The highest BCUT2D eigenvalue weighted by atomic mass is 79.9. The Morgan fingerprint density at radius 3 is 2.46 bits per heavy atom. The van der Waals surface area contributed by atoms with Crippen LogP contribution in [0.1, 0.15) is 62.4 Å². The molecule has 6 aromatic rings. The van der Waals surface area contributed by atoms with Crippen LogP contribution in [-0.2, 0) is 33.4 Å². The number of para-hydroxylation sites is 1. The first-order chi connectivity index (χ1) is 31.6. The van der Waals surface area contributed by atoms with Gasteiger partial charge in [0.2, 0.25) is 17.8 Å². The first-order valence-corrected chi connectivity index (χ1v) is 24.0. The van der Waals surface area contributed by atoms with Gasteiger partial charge < -0.3 is 29.6 Å². The van der Waals surface area contributed by atoms with E-state index < -0.39 is 17.7 Å². The highest BCUT2D eigenvalue weighted by molar-refractivity contribution is 9.10. The van der Waals surface area contributed by atoms with Crippen molar-refractivity contribution in [3.8, 4) is 5.75 Å². The molecule has 3 aromatic carbocycles. The zero-order valence-electron chi connectivity index (χ0n) is 36.7. The second kappa shape index (κ2) is 19.4. The normalized spacial score (nSPS) is 17.8. The average molecular weight is 964 g/mol. The molecule has 0 radical (unpaired) electrons. The average Bonchev–Trinajstić information content (AvgIpc) is 3.67. The maximum absolute atomic E-state index is 12.9. The largest absolute Gasteiger partial charge is 0.494 e. The van der Waals surface area contributed by atoms with Gasteiger partial charge in [0.1, 0.15) is 17.6 Å². The van der Waals surface area contributed by atoms with Gasteiger partial charge in [-0.3, -0.25) is 33.9 Å². The maximum atomic E-state index is 12.9. The van der Waals surface area contributed by atoms with Gasteiger partial charge in [-0.25, -0.2) is 9.78 Å². The Morgan fingerprint density at radius 1 is 0.908 bits per heavy atom. The molecule has 3 N–H and O–H groups in total. The summed E-state index contributed by atoms with van der Waals surface area (Å²) in [6.07, 6.45) is 6.66. The van der Waals surface area contributed by atoms with Gasteiger partial charge in [0.25, 0.3) is 0 Å². The summed E-state index contributed by atoms with van der Waals surface area (Å²) in [5.41, 5.74) is 7.62. The summed E-state index contributed by atoms with van der Waals surface area (Å²) in [5, 5.41) is 10.5. The van der Waals surface area contributed by atoms with Gasteiger partial charge in [0.05, 0.1) is 39.3 Å². The number of carbonyl (C=O) groups excluding carboxylic acids is 2. The first-order valence-electron chi connectivity index (χ1n) is 22.4. The van der Waals surface area contributed by atoms with Crippen molar-refractivity contribution >= 4 is 92.3 Å². The van der Waals surface area contributed by atoms with Gasteiger partial charge in [-0.1, -0.05) is 26.0 Å². The summed E-state index contributed by atoms with van der Waals surface area (Å²) >= 11 is 3.59. The summed E-state index contributed by atoms with van der Waals surface area (Å²) in [6, 6.07) is 17.4. The lowest BCUT2D eigenvalue weighted by Gasteiger charge is -2.43. The number of methoxy groups -OCH3 is 1. The zero-order valence-corrected chi connectivity index (χ0v) is 39.2. The van der Waals surface area contributed by atoms with Crippen LogP contribution < -0.4 is 36.6 Å². The van der Waals surface area contributed by atoms with Gasteiger partial charge in [0.15, 0.2) is 14.0 Å². The summed E-state index contributed by atoms with van der Waals surface area (Å²) in [6.45, 7) is 10.9. The summed E-state index contributed by atoms with van der Waals surface area (Å²) in [4.78, 5) is 58.9. The number of piperidine rings is 2. The molecule has 338 valence electrons. The predicted molar refractivity (Wildman–Crippen MR) is 256 cm³/mol. The third kappa shape index (κ3) is 9.24. The van der Waals surface area contributed by atoms with Crippen LogP contribution in [0, 0.1) is 0 Å². The number of nitrogens with zero attached hydrogens (tertiary/aromatic N) is 7. The van der Waals surface area contributed by atoms with E-state index in [1.165, 1.54) is 15.8 Å². The lowest BCUT2D eigenvalue weighted by Crippen LogP contribution is -2.53. The van der Waals surface area contributed by atoms with Crippen LogP contribution in [0.3, 0.4) is 0 Å². The molecule has 0 bridgehead atoms. The molecule has 0 aliphatic carbocycles. The number of rotatable bonds is 14. The van der Waals surface area contributed by atoms with Gasteiger partial charge in [-0.2, -0.15) is 4.98 Å². The van der Waals surface area contributed by atoms with Crippen molar-refractivity contribution in [2.45, 2.75) is 70.9 Å². The minimum absolute atomic E-state index is 0.127. The number of amides is 2. The van der Waals surface area contributed by atoms with E-state index in [0.29, 0.717) is 50.1 Å². The van der Waals surface area contributed by atoms with Crippen molar-refractivity contribution in [3.63, 3.8) is 0 Å². The number of aryl methyl sites for hydroxylation is 2. The molecular formula is C47H52BrN10O6P. The highest BCUT2D eigenvalue weighted by Crippen LogP contribution is 2.38. The van der Waals surface area contributed by atoms with E-state index in [2.05, 4.69) is 77.5 Å². The van der Waals surface area contributed by atoms with Gasteiger partial charge in [-0.15, -0.1) is 0 Å². The van der Waals surface area contributed by atoms with Crippen LogP contribution in [0.2, 0.25) is 0 Å². The van der Waals surface area contributed by atoms with Crippen molar-refractivity contribution < 1.29 is 23.3 Å². The minimum atomic E-state index is -0.759. The second-order valence-electron chi connectivity index (χ2n) is 16.8. The predicted octanol–water partition coefficient (Wildman–Crippen LogP) is 7.04. The molecule has 1 atom stereocenters. The van der Waals surface area contributed by atoms with E-state index in [9.17, 15) is 18.9 Å². The number of anilines is 5. The van der Waals surface area contributed by atoms with Crippen LogP contribution >= 0.6 is 24.4 Å². The first kappa shape index (κ1) is 44.5. The third-order valence-electron chi connectivity index (χ3n) is 13.0. The molecule has 1 unspecified atom stereocenters. The second-order valence-corrected chi connectivity index (χ2v) is 18.3. The SMILES string of the molecule is CCc1ccc2c(P=O)c(Nc3nc(Nc4cc(CC)c(N5CCC(N6CCN(CCc7cccc8c7oc(=O)n8C7CCC(=O)NC7=O)CC6)CC5)cc4OC)ncc3Br)ccc2n1. The Hall–Kier alpha value is -5.74. The molecule has 3 fully saturated rings. The number of piperazine rings is 1. The number of carbonyl (C=O) groups is 2. The quantitative estimate of drug-likeness (QED) is 0.0748. The molecule has 3 aromatic heterocycles. The van der Waals surface area contributed by atoms with E-state index >= 15 is 0 Å². The highest BCUT2D eigenvalue weighted by Gasteiger charge is 2.32. The lowest BCUT2D eigenvalue weighted by atomic mass is 9.99. The molecule has 3 aliphatic heterocycles. The number of oxazole rings is 1. The smallest absolute Gasteiger partial charge is 0.420 e. The molecule has 65 heavy (non-hydrogen) atoms. The van der Waals surface area contributed by atoms with Crippen molar-refractivity contribution in [2.24, 2.45) is 0 Å². The third-order valence-corrected chi connectivity index (χ3v) is 14.3. The zero-order chi connectivity index (χ0) is 45.2. The van der Waals surface area contributed by atoms with Crippen molar-refractivity contribution in [1.82, 2.24) is 34.6 Å². The summed E-state index contributed by atoms with van der Waals surface area (Å²) < 4.78 is 26.1. The van der Waals surface area contributed by atoms with E-state index in [1.807, 2.05) is 36.4 Å². The number of hydrogen-bond acceptors (Lipinski definition) is 14. The number of fused-ring (bicyclic) bond motifs is 2. The Bertz CT molecular complexity index is 2840. The van der Waals surface area contributed by atoms with E-state index in [1.54, 1.807) is 19.4 Å². The van der Waals surface area contributed by atoms with E-state index in [4.69, 9.17) is 19.1 Å². The van der Waals surface area contributed by atoms with Crippen LogP contribution in [0.4, 0.5) is 28.8 Å². The fourth-order valence-corrected chi connectivity index (χ4v) is 10.3. The van der Waals surface area contributed by atoms with Crippen LogP contribution in [0.25, 0.3) is 22.0 Å². The standard InChI is InChI=1S/C47H52BrN10O6P/c1-4-28-25-36(52-46-49-27-33(48)44(54-46)51-35-12-11-34-32(43(35)65-62)10-9-30(5-2)50-34)40(63-3)26-39(28)57-19-16-31(17-20-57)56-23-21-55(22-24-56)18-15-29-7-6-8-37-42(29)64-47(61)58(37)38-13-14-41(59)53-45(38)60/h6-12,25-27,31,38H,4-5,13-24H2,1-3H3,(H,53,59,60)(H2,49,51,52,54). The molecule has 9 rings (SSSR count). The summed E-state index contributed by atoms with van der Waals surface area (Å²) in [7, 11) is 1.55. The number of pyridine rings is 1. The molecule has 3 aliphatic rings. The molecule has 0 spiro atoms. The molecule has 18 heteroatoms. The van der Waals surface area contributed by atoms with Gasteiger partial charge >= 0.3 is 5.76 Å². The molecule has 16 nitrogen and oxygen atoms in total. The lowest BCUT2D eigenvalue weighted by molar-refractivity contribution is -0.135. The molecule has 0 saturated carbocycles. The van der Waals surface area contributed by atoms with Gasteiger partial charge in [0, 0.05) is 87.3 Å². The molecule has 6 heterocycles. The maximum Gasteiger partial charge on any atom is 0.420 e. The number of nitrogens with one attached hydrogen (secondary N) is 3. The molecule has 3 saturated heterocycles. The Morgan fingerprint density at radius 2 is 1.72 bits per heavy atom. The fourth-order valence-electron chi connectivity index (χ4n) is 9.48. The number of benzene rings is 3. The number of halogens is 1. The van der Waals surface area contributed by atoms with Crippen molar-refractivity contribution in [1.29, 1.82) is 0 Å². The number of imide groups is 1. The molecule has 2 amide bonds. The summed E-state index contributed by atoms with van der Waals surface area (Å²) in [5.74, 6) is 0.237. The number of hydrogen-bond donors (Lipinski definition) is 3. The fraction of sp³-hybridized carbons (Fsp3) is 0.404. The topological polar surface area (TPSA) is 180 Å². The van der Waals surface area contributed by atoms with E-state index in [0.717, 1.165) is 106 Å². The Kier molecular flexibility index (Phi) is 13.3. The van der Waals surface area contributed by atoms with Crippen molar-refractivity contribution in [3.05, 3.63) is 92.6 Å². The van der Waals surface area contributed by atoms with Gasteiger partial charge in [-0.05, 0) is 102 Å². The number of aromatic nitrogens is 4. The Balaban J connectivity index is 0.805. The van der Waals surface area contributed by atoms with E-state index in [-0.39, 0.29) is 27.2 Å². The minimum Gasteiger partial charge on any atom is -0.494 e. The van der Waals surface area contributed by atoms with Crippen LogP contribution in [0.15, 0.2) is 74.5 Å². The van der Waals surface area contributed by atoms with Crippen molar-refractivity contribution in [2.75, 3.05) is 68.5 Å². The Labute approximate surface area is 386 Å². The number of ether oxygens (including phenoxy) is 1.